The Morgan fingerprint density at radius 1 is 1.31 bits per heavy atom. The summed E-state index contributed by atoms with van der Waals surface area (Å²) in [4.78, 5) is 14.9. The molecule has 1 fully saturated rings. The summed E-state index contributed by atoms with van der Waals surface area (Å²) in [6, 6.07) is 1.57. The number of carbonyl (C=O) groups excluding carboxylic acids is 1. The van der Waals surface area contributed by atoms with E-state index in [1.807, 2.05) is 6.92 Å². The van der Waals surface area contributed by atoms with Gasteiger partial charge in [0.25, 0.3) is 5.91 Å². The minimum absolute atomic E-state index is 0.0451. The number of thiophene rings is 1. The summed E-state index contributed by atoms with van der Waals surface area (Å²) >= 11 is 7.21. The number of amides is 1. The molecule has 0 bridgehead atoms. The summed E-state index contributed by atoms with van der Waals surface area (Å²) in [5.41, 5.74) is -1.81. The highest BCUT2D eigenvalue weighted by molar-refractivity contribution is 7.19. The van der Waals surface area contributed by atoms with Gasteiger partial charge in [0.2, 0.25) is 0 Å². The molecule has 36 heavy (non-hydrogen) atoms. The maximum absolute atomic E-state index is 14.0. The molecule has 1 amide bonds. The standard InChI is InChI=1S/C19H16ClF7N6O2S/c1-3-32(8-4-5-8)16(34)9-6-11(36-14(9)20)10-7-33(30-28-10)15-12(35-17(21)22)13(29-31(15)2)18(23,24)19(25,26)27/h6-8,17H,3-5H2,1-2H3. The van der Waals surface area contributed by atoms with E-state index in [4.69, 9.17) is 11.6 Å². The van der Waals surface area contributed by atoms with E-state index in [0.717, 1.165) is 37.4 Å². The van der Waals surface area contributed by atoms with Gasteiger partial charge in [-0.2, -0.15) is 40.5 Å². The second-order valence-electron chi connectivity index (χ2n) is 7.74. The van der Waals surface area contributed by atoms with Gasteiger partial charge in [0, 0.05) is 19.6 Å². The summed E-state index contributed by atoms with van der Waals surface area (Å²) in [5, 5.41) is 10.5. The average Bonchev–Trinajstić information content (AvgIpc) is 3.20. The van der Waals surface area contributed by atoms with Gasteiger partial charge in [-0.3, -0.25) is 4.79 Å². The fourth-order valence-corrected chi connectivity index (χ4v) is 4.72. The van der Waals surface area contributed by atoms with E-state index >= 15 is 0 Å². The molecule has 0 unspecified atom stereocenters. The minimum atomic E-state index is -6.13. The van der Waals surface area contributed by atoms with Crippen molar-refractivity contribution in [2.75, 3.05) is 6.54 Å². The maximum Gasteiger partial charge on any atom is 0.459 e. The molecule has 3 aromatic rings. The SMILES string of the molecule is CCN(C(=O)c1cc(-c2cn(-c3c(OC(F)F)c(C(F)(F)C(F)(F)F)nn3C)nn2)sc1Cl)C1CC1. The van der Waals surface area contributed by atoms with Crippen LogP contribution in [0, 0.1) is 0 Å². The normalized spacial score (nSPS) is 14.5. The zero-order valence-electron chi connectivity index (χ0n) is 18.4. The van der Waals surface area contributed by atoms with Crippen LogP contribution in [0.25, 0.3) is 16.4 Å². The molecular formula is C19H16ClF7N6O2S. The van der Waals surface area contributed by atoms with Gasteiger partial charge in [-0.15, -0.1) is 16.4 Å². The molecule has 1 saturated carbocycles. The molecular weight excluding hydrogens is 545 g/mol. The Kier molecular flexibility index (Phi) is 6.70. The van der Waals surface area contributed by atoms with Crippen LogP contribution in [-0.4, -0.2) is 61.0 Å². The largest absolute Gasteiger partial charge is 0.459 e. The molecule has 0 aliphatic heterocycles. The van der Waals surface area contributed by atoms with Gasteiger partial charge in [-0.25, -0.2) is 4.68 Å². The molecule has 0 aromatic carbocycles. The van der Waals surface area contributed by atoms with Crippen LogP contribution in [0.1, 0.15) is 35.8 Å². The summed E-state index contributed by atoms with van der Waals surface area (Å²) in [7, 11) is 0.945. The molecule has 0 atom stereocenters. The highest BCUT2D eigenvalue weighted by Crippen LogP contribution is 2.48. The van der Waals surface area contributed by atoms with E-state index in [-0.39, 0.29) is 27.5 Å². The monoisotopic (exact) mass is 560 g/mol. The third kappa shape index (κ3) is 4.63. The van der Waals surface area contributed by atoms with Crippen LogP contribution in [0.15, 0.2) is 12.3 Å². The van der Waals surface area contributed by atoms with Gasteiger partial charge < -0.3 is 9.64 Å². The third-order valence-corrected chi connectivity index (χ3v) is 6.69. The van der Waals surface area contributed by atoms with E-state index in [1.54, 1.807) is 4.90 Å². The number of carbonyl (C=O) groups is 1. The predicted molar refractivity (Wildman–Crippen MR) is 113 cm³/mol. The van der Waals surface area contributed by atoms with E-state index in [2.05, 4.69) is 20.1 Å². The van der Waals surface area contributed by atoms with Crippen molar-refractivity contribution >= 4 is 28.8 Å². The van der Waals surface area contributed by atoms with Crippen molar-refractivity contribution in [1.82, 2.24) is 29.7 Å². The average molecular weight is 561 g/mol. The quantitative estimate of drug-likeness (QED) is 0.351. The van der Waals surface area contributed by atoms with Crippen molar-refractivity contribution in [3.05, 3.63) is 27.9 Å². The molecule has 1 aliphatic rings. The lowest BCUT2D eigenvalue weighted by Crippen LogP contribution is -2.34. The Hall–Kier alpha value is -2.88. The van der Waals surface area contributed by atoms with Crippen molar-refractivity contribution in [1.29, 1.82) is 0 Å². The number of aromatic nitrogens is 5. The van der Waals surface area contributed by atoms with Crippen LogP contribution in [0.4, 0.5) is 30.7 Å². The van der Waals surface area contributed by atoms with Gasteiger partial charge in [0.1, 0.15) is 10.0 Å². The maximum atomic E-state index is 14.0. The van der Waals surface area contributed by atoms with Gasteiger partial charge >= 0.3 is 18.7 Å². The van der Waals surface area contributed by atoms with Crippen LogP contribution < -0.4 is 4.74 Å². The molecule has 3 aromatic heterocycles. The Bertz CT molecular complexity index is 1280. The lowest BCUT2D eigenvalue weighted by molar-refractivity contribution is -0.291. The van der Waals surface area contributed by atoms with Crippen molar-refractivity contribution < 1.29 is 40.3 Å². The first-order valence-corrected chi connectivity index (χ1v) is 11.5. The van der Waals surface area contributed by atoms with Crippen LogP contribution in [0.5, 0.6) is 5.75 Å². The summed E-state index contributed by atoms with van der Waals surface area (Å²) in [5.74, 6) is -8.16. The molecule has 0 spiro atoms. The number of rotatable bonds is 8. The topological polar surface area (TPSA) is 78.1 Å². The van der Waals surface area contributed by atoms with Gasteiger partial charge in [-0.05, 0) is 25.8 Å². The van der Waals surface area contributed by atoms with E-state index < -0.39 is 36.0 Å². The molecule has 0 radical (unpaired) electrons. The number of halogens is 8. The second-order valence-corrected chi connectivity index (χ2v) is 9.40. The molecule has 0 N–H and O–H groups in total. The Morgan fingerprint density at radius 3 is 2.53 bits per heavy atom. The fraction of sp³-hybridized carbons (Fsp3) is 0.474. The summed E-state index contributed by atoms with van der Waals surface area (Å²) in [6.07, 6.45) is -3.30. The lowest BCUT2D eigenvalue weighted by atomic mass is 10.2. The van der Waals surface area contributed by atoms with E-state index in [9.17, 15) is 35.5 Å². The van der Waals surface area contributed by atoms with Crippen molar-refractivity contribution in [2.24, 2.45) is 7.05 Å². The third-order valence-electron chi connectivity index (χ3n) is 5.30. The van der Waals surface area contributed by atoms with Gasteiger partial charge in [-0.1, -0.05) is 16.8 Å². The molecule has 0 saturated heterocycles. The van der Waals surface area contributed by atoms with Crippen LogP contribution in [0.2, 0.25) is 4.34 Å². The first-order valence-electron chi connectivity index (χ1n) is 10.3. The highest BCUT2D eigenvalue weighted by Gasteiger charge is 2.62. The van der Waals surface area contributed by atoms with E-state index in [1.165, 1.54) is 6.07 Å². The smallest absolute Gasteiger partial charge is 0.428 e. The van der Waals surface area contributed by atoms with Crippen LogP contribution in [-0.2, 0) is 13.0 Å². The Balaban J connectivity index is 1.73. The molecule has 1 aliphatic carbocycles. The van der Waals surface area contributed by atoms with Gasteiger partial charge in [0.15, 0.2) is 17.3 Å². The van der Waals surface area contributed by atoms with Crippen LogP contribution in [0.3, 0.4) is 0 Å². The van der Waals surface area contributed by atoms with Crippen LogP contribution >= 0.6 is 22.9 Å². The van der Waals surface area contributed by atoms with Crippen molar-refractivity contribution in [2.45, 2.75) is 44.5 Å². The molecule has 4 rings (SSSR count). The number of hydrogen-bond acceptors (Lipinski definition) is 6. The molecule has 17 heteroatoms. The van der Waals surface area contributed by atoms with Gasteiger partial charge in [0.05, 0.1) is 16.6 Å². The second kappa shape index (κ2) is 9.21. The zero-order valence-corrected chi connectivity index (χ0v) is 19.9. The summed E-state index contributed by atoms with van der Waals surface area (Å²) in [6.45, 7) is -1.44. The minimum Gasteiger partial charge on any atom is -0.428 e. The highest BCUT2D eigenvalue weighted by atomic mass is 35.5. The number of ether oxygens (including phenoxy) is 1. The summed E-state index contributed by atoms with van der Waals surface area (Å²) < 4.78 is 98.0. The molecule has 3 heterocycles. The fourth-order valence-electron chi connectivity index (χ4n) is 3.51. The molecule has 196 valence electrons. The Morgan fingerprint density at radius 2 is 1.97 bits per heavy atom. The predicted octanol–water partition coefficient (Wildman–Crippen LogP) is 5.26. The first-order chi connectivity index (χ1) is 16.8. The number of nitrogens with zero attached hydrogens (tertiary/aromatic N) is 6. The lowest BCUT2D eigenvalue weighted by Gasteiger charge is -2.19. The molecule has 8 nitrogen and oxygen atoms in total. The number of aryl methyl sites for hydroxylation is 1. The Labute approximate surface area is 207 Å². The van der Waals surface area contributed by atoms with E-state index in [0.29, 0.717) is 20.8 Å². The first kappa shape index (κ1) is 26.2. The van der Waals surface area contributed by atoms with Crippen molar-refractivity contribution in [3.63, 3.8) is 0 Å². The zero-order chi connectivity index (χ0) is 26.6. The number of alkyl halides is 7. The van der Waals surface area contributed by atoms with Crippen molar-refractivity contribution in [3.8, 4) is 22.1 Å². The number of hydrogen-bond donors (Lipinski definition) is 0.